The Morgan fingerprint density at radius 3 is 2.43 bits per heavy atom. The minimum absolute atomic E-state index is 0.102. The molecule has 1 amide bonds. The number of alkyl halides is 1. The average Bonchev–Trinajstić information content (AvgIpc) is 3.26. The number of methoxy groups -OCH3 is 2. The third-order valence-electron chi connectivity index (χ3n) is 4.66. The Morgan fingerprint density at radius 1 is 1.21 bits per heavy atom. The minimum Gasteiger partial charge on any atom is -0.493 e. The Bertz CT molecular complexity index is 1050. The number of halogens is 3. The second-order valence-corrected chi connectivity index (χ2v) is 6.42. The number of rotatable bonds is 5. The van der Waals surface area contributed by atoms with Gasteiger partial charge in [-0.15, -0.1) is 0 Å². The smallest absolute Gasteiger partial charge is 0.231 e. The third kappa shape index (κ3) is 2.92. The van der Waals surface area contributed by atoms with Crippen LogP contribution in [-0.4, -0.2) is 36.3 Å². The summed E-state index contributed by atoms with van der Waals surface area (Å²) < 4.78 is 51.7. The number of carbonyl (C=O) groups is 1. The Labute approximate surface area is 157 Å². The first-order valence-electron chi connectivity index (χ1n) is 8.48. The molecule has 9 heteroatoms. The van der Waals surface area contributed by atoms with E-state index in [2.05, 4.69) is 15.3 Å². The number of H-pyrrole nitrogens is 1. The van der Waals surface area contributed by atoms with Crippen LogP contribution in [0.4, 0.5) is 19.0 Å². The van der Waals surface area contributed by atoms with Crippen LogP contribution in [0.3, 0.4) is 0 Å². The molecule has 0 unspecified atom stereocenters. The van der Waals surface area contributed by atoms with Crippen LogP contribution in [0, 0.1) is 17.6 Å². The van der Waals surface area contributed by atoms with Gasteiger partial charge in [0.15, 0.2) is 23.1 Å². The summed E-state index contributed by atoms with van der Waals surface area (Å²) in [5.41, 5.74) is 0.887. The summed E-state index contributed by atoms with van der Waals surface area (Å²) in [6.45, 7) is 0. The number of carbonyl (C=O) groups excluding carboxylic acids is 1. The van der Waals surface area contributed by atoms with Gasteiger partial charge in [-0.3, -0.25) is 4.79 Å². The van der Waals surface area contributed by atoms with Gasteiger partial charge >= 0.3 is 0 Å². The summed E-state index contributed by atoms with van der Waals surface area (Å²) in [5, 5.41) is 3.10. The second-order valence-electron chi connectivity index (χ2n) is 6.42. The maximum absolute atomic E-state index is 14.2. The van der Waals surface area contributed by atoms with Crippen molar-refractivity contribution in [2.45, 2.75) is 12.6 Å². The Hall–Kier alpha value is -3.23. The molecule has 6 nitrogen and oxygen atoms in total. The normalized spacial score (nSPS) is 18.2. The first kappa shape index (κ1) is 18.1. The molecule has 2 atom stereocenters. The molecule has 2 aromatic heterocycles. The van der Waals surface area contributed by atoms with Crippen molar-refractivity contribution < 1.29 is 27.4 Å². The van der Waals surface area contributed by atoms with Gasteiger partial charge in [-0.2, -0.15) is 0 Å². The molecule has 0 radical (unpaired) electrons. The first-order valence-corrected chi connectivity index (χ1v) is 8.48. The van der Waals surface area contributed by atoms with Crippen molar-refractivity contribution in [1.82, 2.24) is 9.97 Å². The lowest BCUT2D eigenvalue weighted by atomic mass is 10.0. The number of ether oxygens (including phenoxy) is 2. The van der Waals surface area contributed by atoms with Crippen molar-refractivity contribution in [3.63, 3.8) is 0 Å². The van der Waals surface area contributed by atoms with Gasteiger partial charge in [-0.05, 0) is 18.6 Å². The van der Waals surface area contributed by atoms with Gasteiger partial charge in [0.05, 0.1) is 25.7 Å². The van der Waals surface area contributed by atoms with E-state index >= 15 is 0 Å². The number of hydrogen-bond acceptors (Lipinski definition) is 4. The Morgan fingerprint density at radius 2 is 1.86 bits per heavy atom. The topological polar surface area (TPSA) is 76.2 Å². The largest absolute Gasteiger partial charge is 0.493 e. The molecule has 3 aromatic rings. The van der Waals surface area contributed by atoms with Crippen molar-refractivity contribution in [2.75, 3.05) is 19.5 Å². The van der Waals surface area contributed by atoms with E-state index in [-0.39, 0.29) is 29.3 Å². The van der Waals surface area contributed by atoms with Crippen molar-refractivity contribution >= 4 is 22.8 Å². The number of pyridine rings is 1. The molecular formula is C19H16F3N3O3. The number of nitrogens with zero attached hydrogens (tertiary/aromatic N) is 1. The van der Waals surface area contributed by atoms with Crippen LogP contribution in [0.25, 0.3) is 22.2 Å². The van der Waals surface area contributed by atoms with Gasteiger partial charge in [0.2, 0.25) is 5.91 Å². The Kier molecular flexibility index (Phi) is 4.37. The molecule has 1 aliphatic carbocycles. The molecule has 0 saturated heterocycles. The molecule has 0 bridgehead atoms. The molecule has 2 N–H and O–H groups in total. The number of nitrogens with one attached hydrogen (secondary N) is 2. The van der Waals surface area contributed by atoms with Crippen LogP contribution in [-0.2, 0) is 4.79 Å². The zero-order valence-electron chi connectivity index (χ0n) is 15.0. The number of fused-ring (bicyclic) bond motifs is 1. The maximum Gasteiger partial charge on any atom is 0.231 e. The molecule has 0 aliphatic heterocycles. The predicted molar refractivity (Wildman–Crippen MR) is 96.2 cm³/mol. The fourth-order valence-electron chi connectivity index (χ4n) is 3.16. The number of hydrogen-bond donors (Lipinski definition) is 2. The van der Waals surface area contributed by atoms with Gasteiger partial charge < -0.3 is 19.8 Å². The van der Waals surface area contributed by atoms with Gasteiger partial charge in [0.25, 0.3) is 0 Å². The van der Waals surface area contributed by atoms with Crippen LogP contribution in [0.5, 0.6) is 11.5 Å². The molecule has 0 spiro atoms. The highest BCUT2D eigenvalue weighted by Crippen LogP contribution is 2.44. The lowest BCUT2D eigenvalue weighted by molar-refractivity contribution is -0.117. The van der Waals surface area contributed by atoms with Gasteiger partial charge in [0, 0.05) is 23.2 Å². The highest BCUT2D eigenvalue weighted by atomic mass is 19.1. The van der Waals surface area contributed by atoms with E-state index in [0.29, 0.717) is 22.7 Å². The maximum atomic E-state index is 14.2. The minimum atomic E-state index is -1.11. The zero-order valence-corrected chi connectivity index (χ0v) is 15.0. The molecule has 1 aliphatic rings. The summed E-state index contributed by atoms with van der Waals surface area (Å²) >= 11 is 0. The average molecular weight is 391 g/mol. The highest BCUT2D eigenvalue weighted by molar-refractivity contribution is 5.99. The van der Waals surface area contributed by atoms with E-state index in [4.69, 9.17) is 9.47 Å². The predicted octanol–water partition coefficient (Wildman–Crippen LogP) is 3.82. The van der Waals surface area contributed by atoms with Crippen LogP contribution in [0.15, 0.2) is 24.4 Å². The van der Waals surface area contributed by atoms with Crippen molar-refractivity contribution in [3.8, 4) is 22.6 Å². The molecule has 28 heavy (non-hydrogen) atoms. The number of benzene rings is 1. The van der Waals surface area contributed by atoms with E-state index in [0.717, 1.165) is 0 Å². The summed E-state index contributed by atoms with van der Waals surface area (Å²) in [5.74, 6) is -2.89. The van der Waals surface area contributed by atoms with Crippen molar-refractivity contribution in [3.05, 3.63) is 36.0 Å². The molecule has 1 fully saturated rings. The van der Waals surface area contributed by atoms with Crippen LogP contribution in [0.1, 0.15) is 6.42 Å². The van der Waals surface area contributed by atoms with Crippen LogP contribution >= 0.6 is 0 Å². The van der Waals surface area contributed by atoms with Crippen LogP contribution < -0.4 is 14.8 Å². The molecular weight excluding hydrogens is 375 g/mol. The van der Waals surface area contributed by atoms with Gasteiger partial charge in [0.1, 0.15) is 17.6 Å². The fraction of sp³-hybridized carbons (Fsp3) is 0.263. The lowest BCUT2D eigenvalue weighted by Gasteiger charge is -2.14. The van der Waals surface area contributed by atoms with Crippen LogP contribution in [0.2, 0.25) is 0 Å². The number of anilines is 1. The van der Waals surface area contributed by atoms with E-state index in [1.807, 2.05) is 0 Å². The summed E-state index contributed by atoms with van der Waals surface area (Å²) in [7, 11) is 2.55. The lowest BCUT2D eigenvalue weighted by Crippen LogP contribution is -2.15. The zero-order chi connectivity index (χ0) is 20.0. The van der Waals surface area contributed by atoms with E-state index in [9.17, 15) is 18.0 Å². The van der Waals surface area contributed by atoms with Gasteiger partial charge in [-0.25, -0.2) is 18.2 Å². The number of aromatic nitrogens is 2. The third-order valence-corrected chi connectivity index (χ3v) is 4.66. The molecule has 2 heterocycles. The number of aromatic amines is 1. The summed E-state index contributed by atoms with van der Waals surface area (Å²) in [6, 6.07) is 3.85. The Balaban J connectivity index is 1.78. The number of amides is 1. The molecule has 1 aromatic carbocycles. The molecule has 1 saturated carbocycles. The fourth-order valence-corrected chi connectivity index (χ4v) is 3.16. The van der Waals surface area contributed by atoms with E-state index in [1.54, 1.807) is 6.07 Å². The SMILES string of the molecule is COc1c(F)cc(F)c(OC)c1-c1c[nH]c2nc(NC(=O)[C@@H]3C[C@@H]3F)ccc12. The monoisotopic (exact) mass is 391 g/mol. The van der Waals surface area contributed by atoms with E-state index in [1.165, 1.54) is 26.5 Å². The quantitative estimate of drug-likeness (QED) is 0.693. The first-order chi connectivity index (χ1) is 13.4. The second kappa shape index (κ2) is 6.74. The van der Waals surface area contributed by atoms with Crippen molar-refractivity contribution in [2.24, 2.45) is 5.92 Å². The highest BCUT2D eigenvalue weighted by Gasteiger charge is 2.43. The summed E-state index contributed by atoms with van der Waals surface area (Å²) in [4.78, 5) is 19.0. The van der Waals surface area contributed by atoms with Crippen molar-refractivity contribution in [1.29, 1.82) is 0 Å². The molecule has 146 valence electrons. The molecule has 4 rings (SSSR count). The van der Waals surface area contributed by atoms with Gasteiger partial charge in [-0.1, -0.05) is 0 Å². The van der Waals surface area contributed by atoms with E-state index < -0.39 is 29.6 Å². The standard InChI is InChI=1S/C19H16F3N3O3/c1-27-16-12(21)6-13(22)17(28-2)15(16)10-7-23-18-8(10)3-4-14(24-18)25-19(26)9-5-11(9)20/h3-4,6-7,9,11H,5H2,1-2H3,(H2,23,24,25,26)/t9-,11+/m1/s1. The summed E-state index contributed by atoms with van der Waals surface area (Å²) in [6.07, 6.45) is 0.621.